The van der Waals surface area contributed by atoms with Crippen molar-refractivity contribution < 1.29 is 4.79 Å². The van der Waals surface area contributed by atoms with E-state index in [-0.39, 0.29) is 12.3 Å². The molecule has 0 radical (unpaired) electrons. The summed E-state index contributed by atoms with van der Waals surface area (Å²) in [7, 11) is 0. The van der Waals surface area contributed by atoms with Crippen molar-refractivity contribution in [3.8, 4) is 6.07 Å². The van der Waals surface area contributed by atoms with Gasteiger partial charge in [0.2, 0.25) is 5.91 Å². The molecule has 1 amide bonds. The van der Waals surface area contributed by atoms with Gasteiger partial charge in [0.1, 0.15) is 6.42 Å². The van der Waals surface area contributed by atoms with Gasteiger partial charge in [0.15, 0.2) is 0 Å². The van der Waals surface area contributed by atoms with E-state index in [9.17, 15) is 4.79 Å². The van der Waals surface area contributed by atoms with Gasteiger partial charge in [-0.3, -0.25) is 4.79 Å². The van der Waals surface area contributed by atoms with E-state index < -0.39 is 0 Å². The summed E-state index contributed by atoms with van der Waals surface area (Å²) in [5, 5.41) is 8.36. The molecular weight excluding hydrogens is 152 g/mol. The second-order valence-electron chi connectivity index (χ2n) is 3.27. The van der Waals surface area contributed by atoms with E-state index >= 15 is 0 Å². The molecule has 1 saturated heterocycles. The molecule has 0 aromatic rings. The first-order valence-electron chi connectivity index (χ1n) is 4.42. The number of likely N-dealkylation sites (tertiary alicyclic amines) is 1. The van der Waals surface area contributed by atoms with Gasteiger partial charge in [0.25, 0.3) is 0 Å². The van der Waals surface area contributed by atoms with Crippen molar-refractivity contribution in [3.63, 3.8) is 0 Å². The third kappa shape index (κ3) is 1.97. The summed E-state index contributed by atoms with van der Waals surface area (Å²) in [5.74, 6) is -0.00954. The van der Waals surface area contributed by atoms with Crippen LogP contribution in [0.15, 0.2) is 0 Å². The Bertz CT molecular complexity index is 207. The predicted octanol–water partition coefficient (Wildman–Crippen LogP) is 1.30. The molecule has 0 N–H and O–H groups in total. The van der Waals surface area contributed by atoms with E-state index in [1.165, 1.54) is 6.42 Å². The Labute approximate surface area is 73.0 Å². The summed E-state index contributed by atoms with van der Waals surface area (Å²) >= 11 is 0. The highest BCUT2D eigenvalue weighted by Crippen LogP contribution is 2.16. The molecule has 1 aliphatic rings. The topological polar surface area (TPSA) is 44.1 Å². The number of nitrogens with zero attached hydrogens (tertiary/aromatic N) is 2. The number of hydrogen-bond donors (Lipinski definition) is 0. The molecule has 1 aliphatic heterocycles. The van der Waals surface area contributed by atoms with Crippen LogP contribution < -0.4 is 0 Å². The van der Waals surface area contributed by atoms with Crippen LogP contribution in [0.5, 0.6) is 0 Å². The lowest BCUT2D eigenvalue weighted by Crippen LogP contribution is -2.41. The fourth-order valence-electron chi connectivity index (χ4n) is 1.64. The first-order valence-corrected chi connectivity index (χ1v) is 4.42. The van der Waals surface area contributed by atoms with Crippen LogP contribution >= 0.6 is 0 Å². The molecule has 0 saturated carbocycles. The van der Waals surface area contributed by atoms with Crippen molar-refractivity contribution >= 4 is 5.91 Å². The molecule has 0 spiro atoms. The van der Waals surface area contributed by atoms with Crippen LogP contribution in [0, 0.1) is 11.3 Å². The lowest BCUT2D eigenvalue weighted by molar-refractivity contribution is -0.133. The maximum atomic E-state index is 11.3. The zero-order valence-corrected chi connectivity index (χ0v) is 7.42. The minimum atomic E-state index is -0.00954. The fraction of sp³-hybridized carbons (Fsp3) is 0.778. The molecule has 1 heterocycles. The molecule has 1 fully saturated rings. The SMILES string of the molecule is CC1CCCCN1C(=O)CC#N. The Balaban J connectivity index is 2.49. The van der Waals surface area contributed by atoms with E-state index in [1.807, 2.05) is 11.0 Å². The standard InChI is InChI=1S/C9H14N2O/c1-8-4-2-3-7-11(8)9(12)5-6-10/h8H,2-5,7H2,1H3. The highest BCUT2D eigenvalue weighted by molar-refractivity contribution is 5.78. The smallest absolute Gasteiger partial charge is 0.237 e. The van der Waals surface area contributed by atoms with E-state index in [1.54, 1.807) is 0 Å². The highest BCUT2D eigenvalue weighted by atomic mass is 16.2. The third-order valence-electron chi connectivity index (χ3n) is 2.35. The van der Waals surface area contributed by atoms with Crippen molar-refractivity contribution in [1.82, 2.24) is 4.90 Å². The molecule has 1 rings (SSSR count). The zero-order valence-electron chi connectivity index (χ0n) is 7.42. The molecule has 1 atom stereocenters. The lowest BCUT2D eigenvalue weighted by Gasteiger charge is -2.32. The summed E-state index contributed by atoms with van der Waals surface area (Å²) in [6.07, 6.45) is 3.40. The Morgan fingerprint density at radius 3 is 3.00 bits per heavy atom. The fourth-order valence-corrected chi connectivity index (χ4v) is 1.64. The average molecular weight is 166 g/mol. The molecule has 0 aromatic heterocycles. The van der Waals surface area contributed by atoms with Gasteiger partial charge in [-0.15, -0.1) is 0 Å². The quantitative estimate of drug-likeness (QED) is 0.589. The minimum Gasteiger partial charge on any atom is -0.339 e. The van der Waals surface area contributed by atoms with Crippen molar-refractivity contribution in [3.05, 3.63) is 0 Å². The van der Waals surface area contributed by atoms with Crippen LogP contribution in [0.1, 0.15) is 32.6 Å². The Hall–Kier alpha value is -1.04. The first-order chi connectivity index (χ1) is 5.75. The number of carbonyl (C=O) groups is 1. The molecule has 3 nitrogen and oxygen atoms in total. The minimum absolute atomic E-state index is 0.00954. The molecular formula is C9H14N2O. The van der Waals surface area contributed by atoms with Gasteiger partial charge in [-0.2, -0.15) is 5.26 Å². The van der Waals surface area contributed by atoms with Gasteiger partial charge >= 0.3 is 0 Å². The molecule has 1 unspecified atom stereocenters. The first kappa shape index (κ1) is 9.05. The third-order valence-corrected chi connectivity index (χ3v) is 2.35. The molecule has 3 heteroatoms. The number of piperidine rings is 1. The lowest BCUT2D eigenvalue weighted by atomic mass is 10.0. The van der Waals surface area contributed by atoms with Gasteiger partial charge in [-0.05, 0) is 26.2 Å². The summed E-state index contributed by atoms with van der Waals surface area (Å²) < 4.78 is 0. The largest absolute Gasteiger partial charge is 0.339 e. The van der Waals surface area contributed by atoms with Crippen LogP contribution in [0.4, 0.5) is 0 Å². The van der Waals surface area contributed by atoms with Crippen LogP contribution in [0.2, 0.25) is 0 Å². The van der Waals surface area contributed by atoms with Crippen molar-refractivity contribution in [2.75, 3.05) is 6.54 Å². The van der Waals surface area contributed by atoms with Gasteiger partial charge in [-0.25, -0.2) is 0 Å². The second-order valence-corrected chi connectivity index (χ2v) is 3.27. The molecule has 0 bridgehead atoms. The van der Waals surface area contributed by atoms with E-state index in [2.05, 4.69) is 6.92 Å². The van der Waals surface area contributed by atoms with Crippen molar-refractivity contribution in [2.24, 2.45) is 0 Å². The highest BCUT2D eigenvalue weighted by Gasteiger charge is 2.22. The zero-order chi connectivity index (χ0) is 8.97. The normalized spacial score (nSPS) is 23.3. The predicted molar refractivity (Wildman–Crippen MR) is 45.3 cm³/mol. The molecule has 12 heavy (non-hydrogen) atoms. The van der Waals surface area contributed by atoms with Crippen LogP contribution in [0.3, 0.4) is 0 Å². The maximum Gasteiger partial charge on any atom is 0.237 e. The van der Waals surface area contributed by atoms with Crippen LogP contribution in [-0.4, -0.2) is 23.4 Å². The number of hydrogen-bond acceptors (Lipinski definition) is 2. The Kier molecular flexibility index (Phi) is 3.09. The van der Waals surface area contributed by atoms with Gasteiger partial charge < -0.3 is 4.90 Å². The number of amides is 1. The van der Waals surface area contributed by atoms with Crippen LogP contribution in [0.25, 0.3) is 0 Å². The average Bonchev–Trinajstić information content (AvgIpc) is 2.05. The van der Waals surface area contributed by atoms with Crippen molar-refractivity contribution in [2.45, 2.75) is 38.6 Å². The Morgan fingerprint density at radius 1 is 1.67 bits per heavy atom. The number of nitriles is 1. The van der Waals surface area contributed by atoms with E-state index in [4.69, 9.17) is 5.26 Å². The summed E-state index contributed by atoms with van der Waals surface area (Å²) in [6, 6.07) is 2.23. The number of rotatable bonds is 1. The van der Waals surface area contributed by atoms with Gasteiger partial charge in [0.05, 0.1) is 6.07 Å². The molecule has 0 aromatic carbocycles. The van der Waals surface area contributed by atoms with Crippen molar-refractivity contribution in [1.29, 1.82) is 5.26 Å². The summed E-state index contributed by atoms with van der Waals surface area (Å²) in [6.45, 7) is 2.89. The summed E-state index contributed by atoms with van der Waals surface area (Å²) in [4.78, 5) is 13.1. The Morgan fingerprint density at radius 2 is 2.42 bits per heavy atom. The second kappa shape index (κ2) is 4.10. The summed E-state index contributed by atoms with van der Waals surface area (Å²) in [5.41, 5.74) is 0. The maximum absolute atomic E-state index is 11.3. The van der Waals surface area contributed by atoms with E-state index in [0.29, 0.717) is 6.04 Å². The molecule has 0 aliphatic carbocycles. The van der Waals surface area contributed by atoms with Crippen LogP contribution in [-0.2, 0) is 4.79 Å². The van der Waals surface area contributed by atoms with Gasteiger partial charge in [0, 0.05) is 12.6 Å². The van der Waals surface area contributed by atoms with E-state index in [0.717, 1.165) is 19.4 Å². The molecule has 66 valence electrons. The monoisotopic (exact) mass is 166 g/mol. The number of carbonyl (C=O) groups excluding carboxylic acids is 1. The van der Waals surface area contributed by atoms with Gasteiger partial charge in [-0.1, -0.05) is 0 Å².